The van der Waals surface area contributed by atoms with Crippen LogP contribution in [0.25, 0.3) is 0 Å². The molecule has 0 aromatic carbocycles. The maximum absolute atomic E-state index is 9.85. The maximum atomic E-state index is 9.85. The lowest BCUT2D eigenvalue weighted by Crippen LogP contribution is -2.43. The number of hydrogen-bond acceptors (Lipinski definition) is 1. The number of nitrogens with zero attached hydrogens (tertiary/aromatic N) is 1. The van der Waals surface area contributed by atoms with Crippen LogP contribution in [0, 0.1) is 0 Å². The summed E-state index contributed by atoms with van der Waals surface area (Å²) in [6.07, 6.45) is 3.13. The standard InChI is InChI=1S/C9H20NO.Al.4FH/c1-9(2)11-8-10(3)6-4-5-7-10;;;;;/h9H,4-8H2,1-3H3;;4*1H/q+1;+3;;;;/p-4. The van der Waals surface area contributed by atoms with E-state index in [2.05, 4.69) is 20.9 Å². The van der Waals surface area contributed by atoms with Crippen LogP contribution in [-0.2, 0) is 4.74 Å². The second-order valence-electron chi connectivity index (χ2n) is 4.61. The molecular formula is C9H20AlF4NO. The number of rotatable bonds is 3. The molecule has 2 nitrogen and oxygen atoms in total. The molecular weight excluding hydrogens is 241 g/mol. The Kier molecular flexibility index (Phi) is 6.87. The molecule has 0 atom stereocenters. The Morgan fingerprint density at radius 3 is 1.81 bits per heavy atom. The minimum Gasteiger partial charge on any atom is -0.510 e. The lowest BCUT2D eigenvalue weighted by atomic mass is 10.4. The number of likely N-dealkylation sites (tertiary alicyclic amines) is 1. The van der Waals surface area contributed by atoms with Crippen LogP contribution in [0.15, 0.2) is 0 Å². The van der Waals surface area contributed by atoms with E-state index in [4.69, 9.17) is 4.74 Å². The van der Waals surface area contributed by atoms with E-state index in [0.717, 1.165) is 11.2 Å². The van der Waals surface area contributed by atoms with Crippen LogP contribution >= 0.6 is 0 Å². The van der Waals surface area contributed by atoms with Crippen LogP contribution in [0.2, 0.25) is 0 Å². The highest BCUT2D eigenvalue weighted by atomic mass is 27.5. The molecule has 98 valence electrons. The third-order valence-electron chi connectivity index (χ3n) is 2.37. The quantitative estimate of drug-likeness (QED) is 0.431. The van der Waals surface area contributed by atoms with Gasteiger partial charge < -0.3 is 23.3 Å². The van der Waals surface area contributed by atoms with Gasteiger partial charge in [-0.1, -0.05) is 0 Å². The molecule has 1 saturated heterocycles. The molecule has 0 aromatic rings. The molecule has 0 aliphatic carbocycles. The Morgan fingerprint density at radius 2 is 1.50 bits per heavy atom. The van der Waals surface area contributed by atoms with Crippen LogP contribution in [0.1, 0.15) is 26.7 Å². The molecule has 0 aromatic heterocycles. The summed E-state index contributed by atoms with van der Waals surface area (Å²) in [5.74, 6) is 0. The Bertz CT molecular complexity index is 186. The average Bonchev–Trinajstić information content (AvgIpc) is 2.47. The first-order valence-corrected chi connectivity index (χ1v) is 7.19. The Hall–Kier alpha value is 0.172. The maximum Gasteiger partial charge on any atom is 1.04 e. The SMILES string of the molecule is CC(C)OC[N+]1(C)CCCC1.[F][Al-]([F])([F])[F]. The summed E-state index contributed by atoms with van der Waals surface area (Å²) in [7, 11) is 2.29. The Balaban J connectivity index is 0.000000385. The number of halogens is 4. The molecule has 1 aliphatic heterocycles. The number of hydrogen-bond donors (Lipinski definition) is 0. The van der Waals surface area contributed by atoms with Crippen LogP contribution in [0.3, 0.4) is 0 Å². The van der Waals surface area contributed by atoms with Gasteiger partial charge >= 0.3 is 14.9 Å². The van der Waals surface area contributed by atoms with Crippen LogP contribution < -0.4 is 0 Å². The predicted octanol–water partition coefficient (Wildman–Crippen LogP) is 2.91. The van der Waals surface area contributed by atoms with E-state index >= 15 is 0 Å². The zero-order valence-corrected chi connectivity index (χ0v) is 11.2. The molecule has 1 fully saturated rings. The highest BCUT2D eigenvalue weighted by Gasteiger charge is 2.41. The topological polar surface area (TPSA) is 9.23 Å². The summed E-state index contributed by atoms with van der Waals surface area (Å²) in [6.45, 7) is 7.70. The molecule has 1 rings (SSSR count). The summed E-state index contributed by atoms with van der Waals surface area (Å²) >= 11 is -6.83. The van der Waals surface area contributed by atoms with E-state index in [0.29, 0.717) is 6.10 Å². The van der Waals surface area contributed by atoms with E-state index in [9.17, 15) is 14.1 Å². The summed E-state index contributed by atoms with van der Waals surface area (Å²) in [5.41, 5.74) is 0. The van der Waals surface area contributed by atoms with Gasteiger partial charge in [0.25, 0.3) is 0 Å². The molecule has 0 amide bonds. The third kappa shape index (κ3) is 10.7. The fourth-order valence-corrected chi connectivity index (χ4v) is 1.56. The van der Waals surface area contributed by atoms with E-state index < -0.39 is 14.9 Å². The van der Waals surface area contributed by atoms with Crippen molar-refractivity contribution in [2.24, 2.45) is 0 Å². The first kappa shape index (κ1) is 16.2. The molecule has 7 heteroatoms. The zero-order valence-electron chi connectivity index (χ0n) is 10.1. The molecule has 0 unspecified atom stereocenters. The second kappa shape index (κ2) is 6.80. The highest BCUT2D eigenvalue weighted by molar-refractivity contribution is 6.50. The van der Waals surface area contributed by atoms with Gasteiger partial charge in [-0.25, -0.2) is 0 Å². The van der Waals surface area contributed by atoms with Gasteiger partial charge in [0, 0.05) is 12.8 Å². The Labute approximate surface area is 98.4 Å². The molecule has 0 saturated carbocycles. The summed E-state index contributed by atoms with van der Waals surface area (Å²) in [6, 6.07) is 0. The van der Waals surface area contributed by atoms with Crippen molar-refractivity contribution in [3.05, 3.63) is 0 Å². The van der Waals surface area contributed by atoms with Crippen LogP contribution in [0.5, 0.6) is 0 Å². The van der Waals surface area contributed by atoms with Crippen molar-refractivity contribution < 1.29 is 23.3 Å². The first-order valence-electron chi connectivity index (χ1n) is 5.45. The molecule has 0 bridgehead atoms. The van der Waals surface area contributed by atoms with E-state index in [1.807, 2.05) is 0 Å². The monoisotopic (exact) mass is 261 g/mol. The van der Waals surface area contributed by atoms with Gasteiger partial charge in [-0.2, -0.15) is 0 Å². The predicted molar refractivity (Wildman–Crippen MR) is 56.4 cm³/mol. The van der Waals surface area contributed by atoms with E-state index in [1.54, 1.807) is 0 Å². The molecule has 0 radical (unpaired) electrons. The third-order valence-corrected chi connectivity index (χ3v) is 2.37. The molecule has 16 heavy (non-hydrogen) atoms. The minimum atomic E-state index is -6.83. The van der Waals surface area contributed by atoms with Crippen molar-refractivity contribution in [1.82, 2.24) is 0 Å². The molecule has 0 N–H and O–H groups in total. The molecule has 1 aliphatic rings. The van der Waals surface area contributed by atoms with Gasteiger partial charge in [-0.05, 0) is 13.8 Å². The Morgan fingerprint density at radius 1 is 1.12 bits per heavy atom. The zero-order chi connectivity index (χ0) is 12.8. The largest absolute Gasteiger partial charge is 1.04 e. The van der Waals surface area contributed by atoms with Gasteiger partial charge in [0.1, 0.15) is 0 Å². The van der Waals surface area contributed by atoms with E-state index in [-0.39, 0.29) is 0 Å². The van der Waals surface area contributed by atoms with Crippen molar-refractivity contribution >= 4 is 14.9 Å². The summed E-state index contributed by atoms with van der Waals surface area (Å²) < 4.78 is 46.1. The second-order valence-corrected chi connectivity index (χ2v) is 5.60. The van der Waals surface area contributed by atoms with Crippen molar-refractivity contribution in [3.63, 3.8) is 0 Å². The number of ether oxygens (including phenoxy) is 1. The van der Waals surface area contributed by atoms with Gasteiger partial charge in [0.2, 0.25) is 0 Å². The van der Waals surface area contributed by atoms with Gasteiger partial charge in [-0.15, -0.1) is 0 Å². The highest BCUT2D eigenvalue weighted by Crippen LogP contribution is 2.16. The summed E-state index contributed by atoms with van der Waals surface area (Å²) in [4.78, 5) is 0. The number of quaternary nitrogens is 1. The van der Waals surface area contributed by atoms with Gasteiger partial charge in [0.05, 0.1) is 26.2 Å². The van der Waals surface area contributed by atoms with Crippen molar-refractivity contribution in [1.29, 1.82) is 0 Å². The van der Waals surface area contributed by atoms with Gasteiger partial charge in [0.15, 0.2) is 6.73 Å². The van der Waals surface area contributed by atoms with Crippen molar-refractivity contribution in [3.8, 4) is 0 Å². The lowest BCUT2D eigenvalue weighted by Gasteiger charge is -2.29. The minimum absolute atomic E-state index is 0.380. The van der Waals surface area contributed by atoms with Crippen LogP contribution in [-0.4, -0.2) is 52.4 Å². The fourth-order valence-electron chi connectivity index (χ4n) is 1.56. The first-order chi connectivity index (χ1) is 7.12. The van der Waals surface area contributed by atoms with E-state index in [1.165, 1.54) is 25.9 Å². The molecule has 1 heterocycles. The van der Waals surface area contributed by atoms with Crippen molar-refractivity contribution in [2.75, 3.05) is 26.9 Å². The summed E-state index contributed by atoms with van der Waals surface area (Å²) in [5, 5.41) is 0. The lowest BCUT2D eigenvalue weighted by molar-refractivity contribution is -0.917. The fraction of sp³-hybridized carbons (Fsp3) is 1.00. The normalized spacial score (nSPS) is 19.5. The average molecular weight is 261 g/mol. The van der Waals surface area contributed by atoms with Crippen molar-refractivity contribution in [2.45, 2.75) is 32.8 Å². The molecule has 0 spiro atoms. The van der Waals surface area contributed by atoms with Gasteiger partial charge in [-0.3, -0.25) is 0 Å². The van der Waals surface area contributed by atoms with Crippen LogP contribution in [0.4, 0.5) is 14.1 Å². The smallest absolute Gasteiger partial charge is 0.510 e.